The zero-order valence-corrected chi connectivity index (χ0v) is 12.2. The quantitative estimate of drug-likeness (QED) is 0.622. The van der Waals surface area contributed by atoms with E-state index in [2.05, 4.69) is 10.0 Å². The second kappa shape index (κ2) is 7.64. The van der Waals surface area contributed by atoms with Crippen molar-refractivity contribution in [1.82, 2.24) is 10.0 Å². The molecule has 7 heteroatoms. The van der Waals surface area contributed by atoms with Crippen LogP contribution in [0, 0.1) is 5.92 Å². The van der Waals surface area contributed by atoms with E-state index in [0.717, 1.165) is 6.54 Å². The maximum Gasteiger partial charge on any atom is 0.273 e. The van der Waals surface area contributed by atoms with Gasteiger partial charge in [0.2, 0.25) is 5.09 Å². The van der Waals surface area contributed by atoms with Crippen LogP contribution in [0.2, 0.25) is 0 Å². The Labute approximate surface area is 114 Å². The maximum atomic E-state index is 11.9. The highest BCUT2D eigenvalue weighted by Crippen LogP contribution is 2.14. The number of furan rings is 1. The molecule has 0 saturated heterocycles. The first-order chi connectivity index (χ1) is 8.99. The first kappa shape index (κ1) is 16.2. The van der Waals surface area contributed by atoms with Gasteiger partial charge in [-0.25, -0.2) is 13.1 Å². The highest BCUT2D eigenvalue weighted by molar-refractivity contribution is 7.89. The van der Waals surface area contributed by atoms with Crippen molar-refractivity contribution in [1.29, 1.82) is 0 Å². The normalized spacial score (nSPS) is 13.6. The van der Waals surface area contributed by atoms with Gasteiger partial charge in [-0.3, -0.25) is 0 Å². The lowest BCUT2D eigenvalue weighted by atomic mass is 10.1. The molecule has 1 rings (SSSR count). The molecule has 0 saturated carbocycles. The van der Waals surface area contributed by atoms with Crippen molar-refractivity contribution in [2.24, 2.45) is 5.92 Å². The lowest BCUT2D eigenvalue weighted by Crippen LogP contribution is -2.28. The molecule has 0 aliphatic heterocycles. The zero-order valence-electron chi connectivity index (χ0n) is 11.3. The summed E-state index contributed by atoms with van der Waals surface area (Å²) in [6.07, 6.45) is 0.562. The monoisotopic (exact) mass is 290 g/mol. The Hall–Kier alpha value is -0.890. The van der Waals surface area contributed by atoms with Gasteiger partial charge in [0.25, 0.3) is 10.0 Å². The Balaban J connectivity index is 2.59. The van der Waals surface area contributed by atoms with Crippen molar-refractivity contribution in [3.05, 3.63) is 17.9 Å². The van der Waals surface area contributed by atoms with Crippen LogP contribution in [0.3, 0.4) is 0 Å². The van der Waals surface area contributed by atoms with Gasteiger partial charge >= 0.3 is 0 Å². The van der Waals surface area contributed by atoms with Crippen LogP contribution in [-0.4, -0.2) is 33.2 Å². The minimum absolute atomic E-state index is 0.0521. The molecule has 0 aliphatic carbocycles. The molecule has 0 radical (unpaired) electrons. The second-order valence-electron chi connectivity index (χ2n) is 4.47. The van der Waals surface area contributed by atoms with E-state index >= 15 is 0 Å². The third-order valence-corrected chi connectivity index (χ3v) is 3.99. The van der Waals surface area contributed by atoms with E-state index in [-0.39, 0.29) is 24.2 Å². The molecule has 1 aromatic heterocycles. The molecule has 0 fully saturated rings. The molecule has 0 spiro atoms. The van der Waals surface area contributed by atoms with Gasteiger partial charge in [0, 0.05) is 13.2 Å². The van der Waals surface area contributed by atoms with Crippen molar-refractivity contribution in [2.45, 2.75) is 31.9 Å². The van der Waals surface area contributed by atoms with Gasteiger partial charge in [-0.15, -0.1) is 0 Å². The number of hydrogen-bond donors (Lipinski definition) is 3. The lowest BCUT2D eigenvalue weighted by molar-refractivity contribution is 0.262. The van der Waals surface area contributed by atoms with Gasteiger partial charge in [-0.1, -0.05) is 13.8 Å². The summed E-state index contributed by atoms with van der Waals surface area (Å²) < 4.78 is 31.6. The molecule has 1 heterocycles. The van der Waals surface area contributed by atoms with Crippen molar-refractivity contribution < 1.29 is 17.9 Å². The summed E-state index contributed by atoms with van der Waals surface area (Å²) in [6, 6.07) is 3.10. The van der Waals surface area contributed by atoms with Crippen molar-refractivity contribution >= 4 is 10.0 Å². The molecule has 0 bridgehead atoms. The molecule has 1 aromatic rings. The van der Waals surface area contributed by atoms with Crippen molar-refractivity contribution in [3.63, 3.8) is 0 Å². The number of hydrogen-bond acceptors (Lipinski definition) is 5. The van der Waals surface area contributed by atoms with E-state index in [0.29, 0.717) is 18.7 Å². The summed E-state index contributed by atoms with van der Waals surface area (Å²) in [5.74, 6) is 0.668. The predicted molar refractivity (Wildman–Crippen MR) is 72.1 cm³/mol. The summed E-state index contributed by atoms with van der Waals surface area (Å²) >= 11 is 0. The molecular weight excluding hydrogens is 268 g/mol. The van der Waals surface area contributed by atoms with Crippen LogP contribution in [0.15, 0.2) is 21.6 Å². The standard InChI is InChI=1S/C12H22N2O4S/c1-3-13-9-11-4-5-12(18-11)19(16,17)14-8-10(2)6-7-15/h4-5,10,13-15H,3,6-9H2,1-2H3. The van der Waals surface area contributed by atoms with Crippen molar-refractivity contribution in [2.75, 3.05) is 19.7 Å². The Morgan fingerprint density at radius 2 is 2.16 bits per heavy atom. The summed E-state index contributed by atoms with van der Waals surface area (Å²) in [5.41, 5.74) is 0. The molecule has 0 aromatic carbocycles. The Kier molecular flexibility index (Phi) is 6.50. The number of aliphatic hydroxyl groups excluding tert-OH is 1. The van der Waals surface area contributed by atoms with E-state index in [1.807, 2.05) is 13.8 Å². The SMILES string of the molecule is CCNCc1ccc(S(=O)(=O)NCC(C)CCO)o1. The molecule has 19 heavy (non-hydrogen) atoms. The van der Waals surface area contributed by atoms with Crippen LogP contribution >= 0.6 is 0 Å². The molecule has 3 N–H and O–H groups in total. The second-order valence-corrected chi connectivity index (χ2v) is 6.17. The van der Waals surface area contributed by atoms with Crippen LogP contribution < -0.4 is 10.0 Å². The molecule has 0 aliphatic rings. The third kappa shape index (κ3) is 5.32. The average molecular weight is 290 g/mol. The highest BCUT2D eigenvalue weighted by Gasteiger charge is 2.19. The lowest BCUT2D eigenvalue weighted by Gasteiger charge is -2.10. The van der Waals surface area contributed by atoms with Gasteiger partial charge in [0.1, 0.15) is 5.76 Å². The van der Waals surface area contributed by atoms with E-state index < -0.39 is 10.0 Å². The fourth-order valence-electron chi connectivity index (χ4n) is 1.49. The number of sulfonamides is 1. The van der Waals surface area contributed by atoms with Crippen molar-refractivity contribution in [3.8, 4) is 0 Å². The molecule has 1 atom stereocenters. The minimum atomic E-state index is -3.60. The number of rotatable bonds is 9. The van der Waals surface area contributed by atoms with Gasteiger partial charge in [-0.05, 0) is 31.0 Å². The van der Waals surface area contributed by atoms with E-state index in [1.54, 1.807) is 6.07 Å². The Morgan fingerprint density at radius 3 is 2.79 bits per heavy atom. The third-order valence-electron chi connectivity index (χ3n) is 2.69. The van der Waals surface area contributed by atoms with Gasteiger partial charge in [-0.2, -0.15) is 0 Å². The Morgan fingerprint density at radius 1 is 1.42 bits per heavy atom. The molecular formula is C12H22N2O4S. The van der Waals surface area contributed by atoms with Crippen LogP contribution in [0.4, 0.5) is 0 Å². The smallest absolute Gasteiger partial charge is 0.273 e. The number of aliphatic hydroxyl groups is 1. The first-order valence-electron chi connectivity index (χ1n) is 6.39. The van der Waals surface area contributed by atoms with Gasteiger partial charge in [0.05, 0.1) is 6.54 Å². The highest BCUT2D eigenvalue weighted by atomic mass is 32.2. The van der Waals surface area contributed by atoms with Gasteiger partial charge in [0.15, 0.2) is 0 Å². The van der Waals surface area contributed by atoms with E-state index in [4.69, 9.17) is 9.52 Å². The molecule has 110 valence electrons. The largest absolute Gasteiger partial charge is 0.447 e. The summed E-state index contributed by atoms with van der Waals surface area (Å²) in [7, 11) is -3.60. The van der Waals surface area contributed by atoms with Crippen LogP contribution in [0.1, 0.15) is 26.0 Å². The molecule has 0 amide bonds. The fourth-order valence-corrected chi connectivity index (χ4v) is 2.60. The summed E-state index contributed by atoms with van der Waals surface area (Å²) in [4.78, 5) is 0. The summed E-state index contributed by atoms with van der Waals surface area (Å²) in [6.45, 7) is 5.47. The van der Waals surface area contributed by atoms with E-state index in [9.17, 15) is 8.42 Å². The van der Waals surface area contributed by atoms with E-state index in [1.165, 1.54) is 6.07 Å². The average Bonchev–Trinajstić information content (AvgIpc) is 2.84. The fraction of sp³-hybridized carbons (Fsp3) is 0.667. The molecule has 1 unspecified atom stereocenters. The number of nitrogens with one attached hydrogen (secondary N) is 2. The predicted octanol–water partition coefficient (Wildman–Crippen LogP) is 0.686. The van der Waals surface area contributed by atoms with Crippen LogP contribution in [0.25, 0.3) is 0 Å². The van der Waals surface area contributed by atoms with Crippen LogP contribution in [0.5, 0.6) is 0 Å². The first-order valence-corrected chi connectivity index (χ1v) is 7.88. The van der Waals surface area contributed by atoms with Gasteiger partial charge < -0.3 is 14.8 Å². The van der Waals surface area contributed by atoms with Crippen LogP contribution in [-0.2, 0) is 16.6 Å². The minimum Gasteiger partial charge on any atom is -0.447 e. The summed E-state index contributed by atoms with van der Waals surface area (Å²) in [5, 5.41) is 11.8. The maximum absolute atomic E-state index is 11.9. The zero-order chi connectivity index (χ0) is 14.3. The Bertz CT molecular complexity index is 470. The molecule has 6 nitrogen and oxygen atoms in total. The topological polar surface area (TPSA) is 91.6 Å².